The minimum atomic E-state index is -0.175. The molecule has 1 saturated heterocycles. The fourth-order valence-electron chi connectivity index (χ4n) is 3.91. The summed E-state index contributed by atoms with van der Waals surface area (Å²) in [6.07, 6.45) is 6.54. The number of ether oxygens (including phenoxy) is 1. The van der Waals surface area contributed by atoms with E-state index >= 15 is 0 Å². The summed E-state index contributed by atoms with van der Waals surface area (Å²) in [5.41, 5.74) is 0.886. The van der Waals surface area contributed by atoms with Crippen LogP contribution in [0.15, 0.2) is 5.38 Å². The van der Waals surface area contributed by atoms with Crippen LogP contribution in [0.3, 0.4) is 0 Å². The molecule has 2 amide bonds. The van der Waals surface area contributed by atoms with Crippen molar-refractivity contribution in [1.82, 2.24) is 14.8 Å². The van der Waals surface area contributed by atoms with Crippen molar-refractivity contribution < 1.29 is 14.3 Å². The maximum absolute atomic E-state index is 12.9. The average molecular weight is 409 g/mol. The lowest BCUT2D eigenvalue weighted by Crippen LogP contribution is -2.45. The summed E-state index contributed by atoms with van der Waals surface area (Å²) in [5.74, 6) is 0.591. The molecule has 1 N–H and O–H groups in total. The smallest absolute Gasteiger partial charge is 0.245 e. The standard InChI is InChI=1S/C20H32N4O3S/c1-16-15-28-20(21-16)22-18(25)14-24(9-8-23-10-12-27-13-11-23)19(26)7-6-17-4-2-3-5-17/h15,17H,2-14H2,1H3,(H,21,22,25). The van der Waals surface area contributed by atoms with Crippen LogP contribution < -0.4 is 5.32 Å². The molecule has 0 unspecified atom stereocenters. The molecule has 28 heavy (non-hydrogen) atoms. The molecule has 3 rings (SSSR count). The van der Waals surface area contributed by atoms with Crippen LogP contribution in [0.25, 0.3) is 0 Å². The molecule has 1 aliphatic heterocycles. The fourth-order valence-corrected chi connectivity index (χ4v) is 4.61. The molecular weight excluding hydrogens is 376 g/mol. The maximum atomic E-state index is 12.9. The predicted molar refractivity (Wildman–Crippen MR) is 111 cm³/mol. The molecule has 8 heteroatoms. The molecular formula is C20H32N4O3S. The van der Waals surface area contributed by atoms with Gasteiger partial charge in [0.05, 0.1) is 25.5 Å². The number of carbonyl (C=O) groups excluding carboxylic acids is 2. The van der Waals surface area contributed by atoms with E-state index in [1.807, 2.05) is 12.3 Å². The van der Waals surface area contributed by atoms with Crippen molar-refractivity contribution in [2.75, 3.05) is 51.3 Å². The van der Waals surface area contributed by atoms with Gasteiger partial charge in [-0.2, -0.15) is 0 Å². The van der Waals surface area contributed by atoms with E-state index in [1.165, 1.54) is 37.0 Å². The number of hydrogen-bond acceptors (Lipinski definition) is 6. The Kier molecular flexibility index (Phi) is 8.24. The van der Waals surface area contributed by atoms with Gasteiger partial charge in [-0.15, -0.1) is 11.3 Å². The maximum Gasteiger partial charge on any atom is 0.245 e. The third-order valence-electron chi connectivity index (χ3n) is 5.58. The minimum absolute atomic E-state index is 0.0885. The lowest BCUT2D eigenvalue weighted by molar-refractivity contribution is -0.135. The largest absolute Gasteiger partial charge is 0.379 e. The third-order valence-corrected chi connectivity index (χ3v) is 6.46. The Bertz CT molecular complexity index is 639. The van der Waals surface area contributed by atoms with Crippen LogP contribution >= 0.6 is 11.3 Å². The van der Waals surface area contributed by atoms with E-state index in [1.54, 1.807) is 4.90 Å². The molecule has 1 saturated carbocycles. The van der Waals surface area contributed by atoms with E-state index in [4.69, 9.17) is 4.74 Å². The molecule has 0 radical (unpaired) electrons. The van der Waals surface area contributed by atoms with Gasteiger partial charge < -0.3 is 15.0 Å². The van der Waals surface area contributed by atoms with E-state index < -0.39 is 0 Å². The number of nitrogens with one attached hydrogen (secondary N) is 1. The number of aromatic nitrogens is 1. The molecule has 0 spiro atoms. The summed E-state index contributed by atoms with van der Waals surface area (Å²) in [6.45, 7) is 6.58. The highest BCUT2D eigenvalue weighted by molar-refractivity contribution is 7.13. The summed E-state index contributed by atoms with van der Waals surface area (Å²) in [4.78, 5) is 33.6. The second-order valence-corrected chi connectivity index (χ2v) is 8.66. The van der Waals surface area contributed by atoms with Crippen molar-refractivity contribution in [3.63, 3.8) is 0 Å². The van der Waals surface area contributed by atoms with Gasteiger partial charge in [0, 0.05) is 38.0 Å². The molecule has 1 aliphatic carbocycles. The van der Waals surface area contributed by atoms with Gasteiger partial charge in [0.15, 0.2) is 5.13 Å². The molecule has 0 bridgehead atoms. The number of nitrogens with zero attached hydrogens (tertiary/aromatic N) is 3. The van der Waals surface area contributed by atoms with E-state index in [2.05, 4.69) is 15.2 Å². The third kappa shape index (κ3) is 6.83. The Labute approximate surface area is 171 Å². The van der Waals surface area contributed by atoms with E-state index in [9.17, 15) is 9.59 Å². The first-order valence-electron chi connectivity index (χ1n) is 10.4. The molecule has 2 fully saturated rings. The van der Waals surface area contributed by atoms with Crippen LogP contribution in [-0.2, 0) is 14.3 Å². The first-order chi connectivity index (χ1) is 13.6. The molecule has 0 aromatic carbocycles. The zero-order valence-electron chi connectivity index (χ0n) is 16.8. The SMILES string of the molecule is Cc1csc(NC(=O)CN(CCN2CCOCC2)C(=O)CCC2CCCC2)n1. The Hall–Kier alpha value is -1.51. The molecule has 1 aromatic rings. The van der Waals surface area contributed by atoms with Gasteiger partial charge in [-0.1, -0.05) is 25.7 Å². The van der Waals surface area contributed by atoms with Gasteiger partial charge in [0.1, 0.15) is 0 Å². The highest BCUT2D eigenvalue weighted by Crippen LogP contribution is 2.28. The summed E-state index contributed by atoms with van der Waals surface area (Å²) >= 11 is 1.41. The van der Waals surface area contributed by atoms with Crippen molar-refractivity contribution in [2.24, 2.45) is 5.92 Å². The van der Waals surface area contributed by atoms with Gasteiger partial charge in [-0.05, 0) is 19.3 Å². The van der Waals surface area contributed by atoms with Crippen molar-refractivity contribution in [1.29, 1.82) is 0 Å². The summed E-state index contributed by atoms with van der Waals surface area (Å²) < 4.78 is 5.39. The number of amides is 2. The van der Waals surface area contributed by atoms with Crippen LogP contribution in [0.5, 0.6) is 0 Å². The number of anilines is 1. The molecule has 2 heterocycles. The fraction of sp³-hybridized carbons (Fsp3) is 0.750. The molecule has 1 aromatic heterocycles. The van der Waals surface area contributed by atoms with E-state index in [-0.39, 0.29) is 18.4 Å². The Morgan fingerprint density at radius 1 is 1.32 bits per heavy atom. The number of carbonyl (C=O) groups is 2. The Morgan fingerprint density at radius 2 is 2.07 bits per heavy atom. The van der Waals surface area contributed by atoms with Crippen molar-refractivity contribution in [2.45, 2.75) is 45.4 Å². The monoisotopic (exact) mass is 408 g/mol. The number of aryl methyl sites for hydroxylation is 1. The van der Waals surface area contributed by atoms with Crippen LogP contribution in [0.2, 0.25) is 0 Å². The number of thiazole rings is 1. The number of hydrogen-bond donors (Lipinski definition) is 1. The predicted octanol–water partition coefficient (Wildman–Crippen LogP) is 2.52. The topological polar surface area (TPSA) is 74.8 Å². The average Bonchev–Trinajstić information content (AvgIpc) is 3.35. The normalized spacial score (nSPS) is 18.3. The van der Waals surface area contributed by atoms with E-state index in [0.29, 0.717) is 24.0 Å². The Balaban J connectivity index is 1.52. The molecule has 0 atom stereocenters. The minimum Gasteiger partial charge on any atom is -0.379 e. The lowest BCUT2D eigenvalue weighted by Gasteiger charge is -2.30. The van der Waals surface area contributed by atoms with E-state index in [0.717, 1.165) is 45.0 Å². The molecule has 2 aliphatic rings. The first kappa shape index (κ1) is 21.2. The molecule has 7 nitrogen and oxygen atoms in total. The van der Waals surface area contributed by atoms with Crippen LogP contribution in [0.4, 0.5) is 5.13 Å². The molecule has 156 valence electrons. The summed E-state index contributed by atoms with van der Waals surface area (Å²) in [5, 5.41) is 5.32. The second-order valence-electron chi connectivity index (χ2n) is 7.80. The highest BCUT2D eigenvalue weighted by atomic mass is 32.1. The van der Waals surface area contributed by atoms with Gasteiger partial charge >= 0.3 is 0 Å². The van der Waals surface area contributed by atoms with Crippen LogP contribution in [0.1, 0.15) is 44.2 Å². The zero-order chi connectivity index (χ0) is 19.8. The summed E-state index contributed by atoms with van der Waals surface area (Å²) in [6, 6.07) is 0. The van der Waals surface area contributed by atoms with Crippen LogP contribution in [0, 0.1) is 12.8 Å². The van der Waals surface area contributed by atoms with Crippen molar-refractivity contribution >= 4 is 28.3 Å². The van der Waals surface area contributed by atoms with Crippen LogP contribution in [-0.4, -0.2) is 72.5 Å². The Morgan fingerprint density at radius 3 is 2.75 bits per heavy atom. The zero-order valence-corrected chi connectivity index (χ0v) is 17.6. The van der Waals surface area contributed by atoms with Gasteiger partial charge in [-0.3, -0.25) is 14.5 Å². The first-order valence-corrected chi connectivity index (χ1v) is 11.3. The number of rotatable bonds is 9. The quantitative estimate of drug-likeness (QED) is 0.680. The highest BCUT2D eigenvalue weighted by Gasteiger charge is 2.22. The number of morpholine rings is 1. The van der Waals surface area contributed by atoms with Gasteiger partial charge in [-0.25, -0.2) is 4.98 Å². The second kappa shape index (κ2) is 10.9. The summed E-state index contributed by atoms with van der Waals surface area (Å²) in [7, 11) is 0. The lowest BCUT2D eigenvalue weighted by atomic mass is 10.0. The van der Waals surface area contributed by atoms with Gasteiger partial charge in [0.2, 0.25) is 11.8 Å². The van der Waals surface area contributed by atoms with Gasteiger partial charge in [0.25, 0.3) is 0 Å². The van der Waals surface area contributed by atoms with Crippen molar-refractivity contribution in [3.05, 3.63) is 11.1 Å². The van der Waals surface area contributed by atoms with Crippen molar-refractivity contribution in [3.8, 4) is 0 Å².